The van der Waals surface area contributed by atoms with Crippen LogP contribution >= 0.6 is 23.1 Å². The van der Waals surface area contributed by atoms with Crippen LogP contribution in [-0.2, 0) is 5.88 Å². The first-order valence-electron chi connectivity index (χ1n) is 9.14. The molecular formula is C20H16N6O2S2. The first-order chi connectivity index (χ1) is 14.6. The van der Waals surface area contributed by atoms with Crippen molar-refractivity contribution in [1.29, 1.82) is 0 Å². The molecule has 5 aromatic rings. The standard InChI is InChI=1S/C20H16N6O2S2/c1-11-18(12(2)28-24-11)19(27)21-13-7-8-15-17(9-13)30-20(22-15)29-10-26-16-6-4-3-5-14(16)23-25-26/h3-9H,10H2,1-2H3,(H,21,27). The number of para-hydroxylation sites is 1. The molecule has 8 nitrogen and oxygen atoms in total. The van der Waals surface area contributed by atoms with Gasteiger partial charge in [-0.2, -0.15) is 0 Å². The Kier molecular flexibility index (Phi) is 4.72. The summed E-state index contributed by atoms with van der Waals surface area (Å²) in [6.45, 7) is 3.47. The first-order valence-corrected chi connectivity index (χ1v) is 10.9. The summed E-state index contributed by atoms with van der Waals surface area (Å²) in [6, 6.07) is 13.5. The average Bonchev–Trinajstić information content (AvgIpc) is 3.42. The monoisotopic (exact) mass is 436 g/mol. The van der Waals surface area contributed by atoms with Gasteiger partial charge in [-0.3, -0.25) is 4.79 Å². The molecule has 30 heavy (non-hydrogen) atoms. The first kappa shape index (κ1) is 18.8. The number of hydrogen-bond acceptors (Lipinski definition) is 8. The molecule has 0 unspecified atom stereocenters. The van der Waals surface area contributed by atoms with Gasteiger partial charge in [0.2, 0.25) is 0 Å². The molecule has 0 fully saturated rings. The summed E-state index contributed by atoms with van der Waals surface area (Å²) < 4.78 is 8.87. The molecule has 2 aromatic carbocycles. The summed E-state index contributed by atoms with van der Waals surface area (Å²) in [4.78, 5) is 17.2. The number of aryl methyl sites for hydroxylation is 2. The van der Waals surface area contributed by atoms with E-state index in [1.54, 1.807) is 36.9 Å². The van der Waals surface area contributed by atoms with Crippen LogP contribution in [0.5, 0.6) is 0 Å². The van der Waals surface area contributed by atoms with Crippen LogP contribution in [0.2, 0.25) is 0 Å². The van der Waals surface area contributed by atoms with E-state index in [1.807, 2.05) is 47.1 Å². The lowest BCUT2D eigenvalue weighted by molar-refractivity contribution is 0.102. The van der Waals surface area contributed by atoms with E-state index in [-0.39, 0.29) is 5.91 Å². The molecule has 1 N–H and O–H groups in total. The van der Waals surface area contributed by atoms with Crippen LogP contribution in [0.15, 0.2) is 51.3 Å². The van der Waals surface area contributed by atoms with E-state index in [9.17, 15) is 4.79 Å². The van der Waals surface area contributed by atoms with Gasteiger partial charge in [0.15, 0.2) is 4.34 Å². The topological polar surface area (TPSA) is 98.7 Å². The number of carbonyl (C=O) groups is 1. The highest BCUT2D eigenvalue weighted by Gasteiger charge is 2.18. The Balaban J connectivity index is 1.33. The quantitative estimate of drug-likeness (QED) is 0.400. The average molecular weight is 437 g/mol. The lowest BCUT2D eigenvalue weighted by Gasteiger charge is -2.04. The van der Waals surface area contributed by atoms with Crippen molar-refractivity contribution in [2.24, 2.45) is 0 Å². The third-order valence-electron chi connectivity index (χ3n) is 4.62. The van der Waals surface area contributed by atoms with Crippen molar-refractivity contribution in [3.8, 4) is 0 Å². The fourth-order valence-electron chi connectivity index (χ4n) is 3.17. The number of rotatable bonds is 5. The van der Waals surface area contributed by atoms with E-state index in [4.69, 9.17) is 4.52 Å². The Labute approximate surface area is 179 Å². The zero-order chi connectivity index (χ0) is 20.7. The van der Waals surface area contributed by atoms with Crippen molar-refractivity contribution in [2.75, 3.05) is 5.32 Å². The van der Waals surface area contributed by atoms with Crippen molar-refractivity contribution < 1.29 is 9.32 Å². The highest BCUT2D eigenvalue weighted by Crippen LogP contribution is 2.32. The number of nitrogens with one attached hydrogen (secondary N) is 1. The normalized spacial score (nSPS) is 11.4. The van der Waals surface area contributed by atoms with Gasteiger partial charge in [0.05, 0.1) is 27.3 Å². The SMILES string of the molecule is Cc1noc(C)c1C(=O)Nc1ccc2nc(SCn3nnc4ccccc43)sc2c1. The molecule has 1 amide bonds. The number of carbonyl (C=O) groups excluding carboxylic acids is 1. The summed E-state index contributed by atoms with van der Waals surface area (Å²) in [7, 11) is 0. The fraction of sp³-hybridized carbons (Fsp3) is 0.150. The Morgan fingerprint density at radius 1 is 1.20 bits per heavy atom. The second-order valence-corrected chi connectivity index (χ2v) is 8.89. The van der Waals surface area contributed by atoms with Crippen molar-refractivity contribution in [1.82, 2.24) is 25.1 Å². The second kappa shape index (κ2) is 7.54. The third-order valence-corrected chi connectivity index (χ3v) is 6.75. The number of amides is 1. The third kappa shape index (κ3) is 3.44. The molecule has 150 valence electrons. The summed E-state index contributed by atoms with van der Waals surface area (Å²) in [5.41, 5.74) is 4.51. The van der Waals surface area contributed by atoms with Gasteiger partial charge in [0.1, 0.15) is 16.8 Å². The number of thiazole rings is 1. The highest BCUT2D eigenvalue weighted by molar-refractivity contribution is 8.00. The van der Waals surface area contributed by atoms with Crippen molar-refractivity contribution in [3.63, 3.8) is 0 Å². The molecule has 5 rings (SSSR count). The van der Waals surface area contributed by atoms with E-state index in [0.29, 0.717) is 28.6 Å². The molecule has 10 heteroatoms. The minimum absolute atomic E-state index is 0.234. The van der Waals surface area contributed by atoms with Crippen LogP contribution in [-0.4, -0.2) is 31.0 Å². The maximum atomic E-state index is 12.6. The number of fused-ring (bicyclic) bond motifs is 2. The molecule has 0 aliphatic heterocycles. The molecule has 0 spiro atoms. The van der Waals surface area contributed by atoms with E-state index < -0.39 is 0 Å². The van der Waals surface area contributed by atoms with Crippen LogP contribution < -0.4 is 5.32 Å². The number of hydrogen-bond donors (Lipinski definition) is 1. The smallest absolute Gasteiger partial charge is 0.261 e. The van der Waals surface area contributed by atoms with Gasteiger partial charge in [0, 0.05) is 5.69 Å². The summed E-state index contributed by atoms with van der Waals surface area (Å²) >= 11 is 3.18. The van der Waals surface area contributed by atoms with Crippen LogP contribution in [0, 0.1) is 13.8 Å². The van der Waals surface area contributed by atoms with Gasteiger partial charge in [-0.1, -0.05) is 34.3 Å². The number of aromatic nitrogens is 5. The molecule has 0 atom stereocenters. The Morgan fingerprint density at radius 2 is 2.07 bits per heavy atom. The fourth-order valence-corrected chi connectivity index (χ4v) is 5.16. The van der Waals surface area contributed by atoms with Gasteiger partial charge in [-0.15, -0.1) is 16.4 Å². The van der Waals surface area contributed by atoms with Crippen LogP contribution in [0.4, 0.5) is 5.69 Å². The summed E-state index contributed by atoms with van der Waals surface area (Å²) in [6.07, 6.45) is 0. The van der Waals surface area contributed by atoms with Gasteiger partial charge in [0.25, 0.3) is 5.91 Å². The molecule has 3 aromatic heterocycles. The molecular weight excluding hydrogens is 420 g/mol. The molecule has 0 radical (unpaired) electrons. The van der Waals surface area contributed by atoms with Crippen molar-refractivity contribution >= 4 is 55.9 Å². The molecule has 0 saturated carbocycles. The number of benzene rings is 2. The predicted molar refractivity (Wildman–Crippen MR) is 117 cm³/mol. The minimum Gasteiger partial charge on any atom is -0.361 e. The maximum Gasteiger partial charge on any atom is 0.261 e. The Morgan fingerprint density at radius 3 is 2.90 bits per heavy atom. The Hall–Kier alpha value is -3.24. The molecule has 0 saturated heterocycles. The minimum atomic E-state index is -0.234. The number of thioether (sulfide) groups is 1. The molecule has 0 bridgehead atoms. The van der Waals surface area contributed by atoms with Gasteiger partial charge >= 0.3 is 0 Å². The number of anilines is 1. The largest absolute Gasteiger partial charge is 0.361 e. The van der Waals surface area contributed by atoms with Gasteiger partial charge in [-0.05, 0) is 44.2 Å². The molecule has 0 aliphatic carbocycles. The van der Waals surface area contributed by atoms with Gasteiger partial charge < -0.3 is 9.84 Å². The zero-order valence-electron chi connectivity index (χ0n) is 16.1. The second-order valence-electron chi connectivity index (χ2n) is 6.67. The van der Waals surface area contributed by atoms with E-state index in [2.05, 4.69) is 25.8 Å². The van der Waals surface area contributed by atoms with E-state index >= 15 is 0 Å². The van der Waals surface area contributed by atoms with Crippen LogP contribution in [0.25, 0.3) is 21.3 Å². The van der Waals surface area contributed by atoms with Gasteiger partial charge in [-0.25, -0.2) is 9.67 Å². The predicted octanol–water partition coefficient (Wildman–Crippen LogP) is 4.65. The summed E-state index contributed by atoms with van der Waals surface area (Å²) in [5.74, 6) is 0.890. The van der Waals surface area contributed by atoms with Crippen LogP contribution in [0.1, 0.15) is 21.8 Å². The Bertz CT molecular complexity index is 1370. The molecule has 3 heterocycles. The number of nitrogens with zero attached hydrogens (tertiary/aromatic N) is 5. The van der Waals surface area contributed by atoms with Crippen molar-refractivity contribution in [3.05, 3.63) is 59.5 Å². The van der Waals surface area contributed by atoms with E-state index in [0.717, 1.165) is 25.6 Å². The lowest BCUT2D eigenvalue weighted by Crippen LogP contribution is -2.13. The molecule has 0 aliphatic rings. The maximum absolute atomic E-state index is 12.6. The van der Waals surface area contributed by atoms with E-state index in [1.165, 1.54) is 0 Å². The van der Waals surface area contributed by atoms with Crippen molar-refractivity contribution in [2.45, 2.75) is 24.1 Å². The van der Waals surface area contributed by atoms with Crippen LogP contribution in [0.3, 0.4) is 0 Å². The summed E-state index contributed by atoms with van der Waals surface area (Å²) in [5, 5.41) is 15.1. The highest BCUT2D eigenvalue weighted by atomic mass is 32.2. The zero-order valence-corrected chi connectivity index (χ0v) is 17.8. The lowest BCUT2D eigenvalue weighted by atomic mass is 10.2.